The van der Waals surface area contributed by atoms with Crippen LogP contribution in [0.4, 0.5) is 0 Å². The summed E-state index contributed by atoms with van der Waals surface area (Å²) in [5.41, 5.74) is 0.623. The second-order valence-electron chi connectivity index (χ2n) is 5.54. The Labute approximate surface area is 135 Å². The number of hydrogen-bond acceptors (Lipinski definition) is 4. The van der Waals surface area contributed by atoms with Crippen molar-refractivity contribution < 1.29 is 23.1 Å². The fourth-order valence-corrected chi connectivity index (χ4v) is 3.32. The monoisotopic (exact) mass is 340 g/mol. The van der Waals surface area contributed by atoms with Crippen LogP contribution in [-0.4, -0.2) is 38.0 Å². The summed E-state index contributed by atoms with van der Waals surface area (Å²) in [6.07, 6.45) is 1.64. The van der Waals surface area contributed by atoms with Gasteiger partial charge in [0.25, 0.3) is 0 Å². The number of nitrogens with one attached hydrogen (secondary N) is 2. The molecule has 0 saturated heterocycles. The van der Waals surface area contributed by atoms with E-state index in [9.17, 15) is 18.0 Å². The summed E-state index contributed by atoms with van der Waals surface area (Å²) in [5, 5.41) is 11.6. The maximum Gasteiger partial charge on any atom is 0.326 e. The molecule has 0 heterocycles. The molecule has 1 aliphatic carbocycles. The Kier molecular flexibility index (Phi) is 5.38. The molecular weight excluding hydrogens is 320 g/mol. The van der Waals surface area contributed by atoms with E-state index >= 15 is 0 Å². The van der Waals surface area contributed by atoms with Crippen LogP contribution in [0.2, 0.25) is 0 Å². The third kappa shape index (κ3) is 4.77. The SMILES string of the molecule is CCNS(=O)(=O)c1ccc(CC(=O)NC(C(=O)O)C2CC2)cc1. The van der Waals surface area contributed by atoms with Gasteiger partial charge in [0, 0.05) is 6.54 Å². The topological polar surface area (TPSA) is 113 Å². The molecule has 1 aromatic rings. The van der Waals surface area contributed by atoms with E-state index in [2.05, 4.69) is 10.0 Å². The first-order valence-corrected chi connectivity index (χ1v) is 8.92. The number of benzene rings is 1. The number of carbonyl (C=O) groups is 2. The van der Waals surface area contributed by atoms with Gasteiger partial charge in [0.1, 0.15) is 6.04 Å². The number of hydrogen-bond donors (Lipinski definition) is 3. The largest absolute Gasteiger partial charge is 0.480 e. The van der Waals surface area contributed by atoms with Crippen molar-refractivity contribution in [2.75, 3.05) is 6.54 Å². The molecule has 1 amide bonds. The van der Waals surface area contributed by atoms with Crippen molar-refractivity contribution in [2.24, 2.45) is 5.92 Å². The predicted octanol–water partition coefficient (Wildman–Crippen LogP) is 0.507. The quantitative estimate of drug-likeness (QED) is 0.638. The van der Waals surface area contributed by atoms with Crippen molar-refractivity contribution in [1.29, 1.82) is 0 Å². The van der Waals surface area contributed by atoms with Crippen LogP contribution in [-0.2, 0) is 26.0 Å². The Morgan fingerprint density at radius 2 is 1.87 bits per heavy atom. The molecule has 1 aliphatic rings. The highest BCUT2D eigenvalue weighted by Crippen LogP contribution is 2.32. The molecule has 23 heavy (non-hydrogen) atoms. The maximum atomic E-state index is 11.9. The predicted molar refractivity (Wildman–Crippen MR) is 83.3 cm³/mol. The van der Waals surface area contributed by atoms with Gasteiger partial charge >= 0.3 is 5.97 Å². The average molecular weight is 340 g/mol. The molecule has 0 bridgehead atoms. The third-order valence-corrected chi connectivity index (χ3v) is 5.17. The van der Waals surface area contributed by atoms with Gasteiger partial charge in [-0.2, -0.15) is 0 Å². The van der Waals surface area contributed by atoms with E-state index in [1.54, 1.807) is 19.1 Å². The van der Waals surface area contributed by atoms with Gasteiger partial charge in [-0.1, -0.05) is 19.1 Å². The first-order chi connectivity index (χ1) is 10.8. The van der Waals surface area contributed by atoms with Crippen molar-refractivity contribution >= 4 is 21.9 Å². The Morgan fingerprint density at radius 1 is 1.26 bits per heavy atom. The van der Waals surface area contributed by atoms with Gasteiger partial charge in [-0.15, -0.1) is 0 Å². The molecule has 0 aromatic heterocycles. The van der Waals surface area contributed by atoms with Gasteiger partial charge in [0.15, 0.2) is 0 Å². The highest BCUT2D eigenvalue weighted by molar-refractivity contribution is 7.89. The number of aliphatic carboxylic acids is 1. The van der Waals surface area contributed by atoms with E-state index in [1.807, 2.05) is 0 Å². The lowest BCUT2D eigenvalue weighted by Crippen LogP contribution is -2.43. The van der Waals surface area contributed by atoms with Crippen LogP contribution < -0.4 is 10.0 Å². The van der Waals surface area contributed by atoms with Crippen LogP contribution in [0, 0.1) is 5.92 Å². The molecule has 1 unspecified atom stereocenters. The molecular formula is C15H20N2O5S. The van der Waals surface area contributed by atoms with Crippen LogP contribution in [0.5, 0.6) is 0 Å². The van der Waals surface area contributed by atoms with Crippen molar-refractivity contribution in [3.63, 3.8) is 0 Å². The lowest BCUT2D eigenvalue weighted by Gasteiger charge is -2.13. The van der Waals surface area contributed by atoms with Crippen LogP contribution in [0.15, 0.2) is 29.2 Å². The normalized spacial score (nSPS) is 15.9. The zero-order valence-electron chi connectivity index (χ0n) is 12.8. The summed E-state index contributed by atoms with van der Waals surface area (Å²) < 4.78 is 26.0. The molecule has 126 valence electrons. The smallest absolute Gasteiger partial charge is 0.326 e. The zero-order valence-corrected chi connectivity index (χ0v) is 13.6. The van der Waals surface area contributed by atoms with Gasteiger partial charge in [0.2, 0.25) is 15.9 Å². The minimum absolute atomic E-state index is 0.0119. The number of rotatable bonds is 8. The zero-order chi connectivity index (χ0) is 17.0. The molecule has 3 N–H and O–H groups in total. The standard InChI is InChI=1S/C15H20N2O5S/c1-2-16-23(21,22)12-7-3-10(4-8-12)9-13(18)17-14(15(19)20)11-5-6-11/h3-4,7-8,11,14,16H,2,5-6,9H2,1H3,(H,17,18)(H,19,20). The summed E-state index contributed by atoms with van der Waals surface area (Å²) in [6.45, 7) is 1.99. The fourth-order valence-electron chi connectivity index (χ4n) is 2.28. The summed E-state index contributed by atoms with van der Waals surface area (Å²) in [4.78, 5) is 23.2. The summed E-state index contributed by atoms with van der Waals surface area (Å²) >= 11 is 0. The number of amides is 1. The summed E-state index contributed by atoms with van der Waals surface area (Å²) in [5.74, 6) is -1.39. The molecule has 1 atom stereocenters. The minimum Gasteiger partial charge on any atom is -0.480 e. The molecule has 8 heteroatoms. The van der Waals surface area contributed by atoms with Crippen LogP contribution in [0.25, 0.3) is 0 Å². The van der Waals surface area contributed by atoms with Gasteiger partial charge in [-0.25, -0.2) is 17.9 Å². The van der Waals surface area contributed by atoms with E-state index in [-0.39, 0.29) is 23.1 Å². The Bertz CT molecular complexity index is 680. The van der Waals surface area contributed by atoms with E-state index < -0.39 is 22.0 Å². The molecule has 0 aliphatic heterocycles. The molecule has 7 nitrogen and oxygen atoms in total. The maximum absolute atomic E-state index is 11.9. The van der Waals surface area contributed by atoms with Crippen molar-refractivity contribution in [1.82, 2.24) is 10.0 Å². The fraction of sp³-hybridized carbons (Fsp3) is 0.467. The molecule has 1 saturated carbocycles. The van der Waals surface area contributed by atoms with Gasteiger partial charge < -0.3 is 10.4 Å². The molecule has 0 spiro atoms. The Morgan fingerprint density at radius 3 is 2.35 bits per heavy atom. The molecule has 2 rings (SSSR count). The van der Waals surface area contributed by atoms with E-state index in [4.69, 9.17) is 5.11 Å². The van der Waals surface area contributed by atoms with E-state index in [0.717, 1.165) is 12.8 Å². The second-order valence-corrected chi connectivity index (χ2v) is 7.31. The Hall–Kier alpha value is -1.93. The number of carboxylic acids is 1. The van der Waals surface area contributed by atoms with E-state index in [0.29, 0.717) is 12.1 Å². The van der Waals surface area contributed by atoms with Gasteiger partial charge in [0.05, 0.1) is 11.3 Å². The summed E-state index contributed by atoms with van der Waals surface area (Å²) in [6, 6.07) is 5.12. The molecule has 1 fully saturated rings. The first-order valence-electron chi connectivity index (χ1n) is 7.44. The average Bonchev–Trinajstić information content (AvgIpc) is 3.29. The van der Waals surface area contributed by atoms with Crippen LogP contribution in [0.1, 0.15) is 25.3 Å². The van der Waals surface area contributed by atoms with Gasteiger partial charge in [-0.3, -0.25) is 4.79 Å². The summed E-state index contributed by atoms with van der Waals surface area (Å²) in [7, 11) is -3.52. The number of sulfonamides is 1. The highest BCUT2D eigenvalue weighted by atomic mass is 32.2. The van der Waals surface area contributed by atoms with Crippen LogP contribution >= 0.6 is 0 Å². The van der Waals surface area contributed by atoms with Crippen molar-refractivity contribution in [3.8, 4) is 0 Å². The Balaban J connectivity index is 1.97. The highest BCUT2D eigenvalue weighted by Gasteiger charge is 2.37. The van der Waals surface area contributed by atoms with Crippen LogP contribution in [0.3, 0.4) is 0 Å². The molecule has 0 radical (unpaired) electrons. The lowest BCUT2D eigenvalue weighted by atomic mass is 10.1. The van der Waals surface area contributed by atoms with Gasteiger partial charge in [-0.05, 0) is 36.5 Å². The van der Waals surface area contributed by atoms with Crippen molar-refractivity contribution in [3.05, 3.63) is 29.8 Å². The van der Waals surface area contributed by atoms with Crippen molar-refractivity contribution in [2.45, 2.75) is 37.1 Å². The third-order valence-electron chi connectivity index (χ3n) is 3.61. The first kappa shape index (κ1) is 17.4. The lowest BCUT2D eigenvalue weighted by molar-refractivity contribution is -0.142. The number of carboxylic acid groups (broad SMARTS) is 1. The number of carbonyl (C=O) groups excluding carboxylic acids is 1. The molecule has 1 aromatic carbocycles. The van der Waals surface area contributed by atoms with E-state index in [1.165, 1.54) is 12.1 Å². The minimum atomic E-state index is -3.52. The second kappa shape index (κ2) is 7.10.